The molecule has 164 valence electrons. The summed E-state index contributed by atoms with van der Waals surface area (Å²) >= 11 is 5.41. The summed E-state index contributed by atoms with van der Waals surface area (Å²) in [5.41, 5.74) is 9.93. The predicted octanol–water partition coefficient (Wildman–Crippen LogP) is 2.90. The Kier molecular flexibility index (Phi) is 7.89. The highest BCUT2D eigenvalue weighted by atomic mass is 35.5. The van der Waals surface area contributed by atoms with E-state index in [4.69, 9.17) is 22.1 Å². The summed E-state index contributed by atoms with van der Waals surface area (Å²) in [6.07, 6.45) is 0.913. The maximum Gasteiger partial charge on any atom is 0.407 e. The molecular weight excluding hydrogens is 418 g/mol. The second kappa shape index (κ2) is 10.8. The number of hydrogen-bond acceptors (Lipinski definition) is 4. The number of carbonyl (C=O) groups is 3. The van der Waals surface area contributed by atoms with E-state index in [-0.39, 0.29) is 24.3 Å². The van der Waals surface area contributed by atoms with Crippen LogP contribution in [0.2, 0.25) is 0 Å². The Morgan fingerprint density at radius 2 is 1.61 bits per heavy atom. The number of rotatable bonds is 10. The molecule has 2 aromatic carbocycles. The van der Waals surface area contributed by atoms with Crippen LogP contribution in [0.3, 0.4) is 0 Å². The van der Waals surface area contributed by atoms with Gasteiger partial charge >= 0.3 is 6.09 Å². The first-order valence-corrected chi connectivity index (χ1v) is 10.8. The van der Waals surface area contributed by atoms with Gasteiger partial charge in [0, 0.05) is 12.5 Å². The van der Waals surface area contributed by atoms with E-state index in [0.717, 1.165) is 22.3 Å². The molecule has 1 unspecified atom stereocenters. The van der Waals surface area contributed by atoms with Gasteiger partial charge < -0.3 is 21.1 Å². The monoisotopic (exact) mass is 443 g/mol. The van der Waals surface area contributed by atoms with Gasteiger partial charge in [-0.15, -0.1) is 11.6 Å². The topological polar surface area (TPSA) is 111 Å². The maximum absolute atomic E-state index is 12.3. The van der Waals surface area contributed by atoms with Gasteiger partial charge in [0.2, 0.25) is 11.8 Å². The van der Waals surface area contributed by atoms with Crippen LogP contribution < -0.4 is 16.4 Å². The van der Waals surface area contributed by atoms with Gasteiger partial charge in [-0.05, 0) is 41.5 Å². The molecule has 7 nitrogen and oxygen atoms in total. The number of primary amides is 1. The largest absolute Gasteiger partial charge is 0.449 e. The third-order valence-corrected chi connectivity index (χ3v) is 5.59. The number of fused-ring (bicyclic) bond motifs is 3. The van der Waals surface area contributed by atoms with Crippen molar-refractivity contribution in [3.05, 3.63) is 59.7 Å². The van der Waals surface area contributed by atoms with Crippen molar-refractivity contribution in [2.45, 2.75) is 31.2 Å². The summed E-state index contributed by atoms with van der Waals surface area (Å²) in [5.74, 6) is -1.02. The lowest BCUT2D eigenvalue weighted by atomic mass is 9.98. The molecule has 31 heavy (non-hydrogen) atoms. The van der Waals surface area contributed by atoms with E-state index in [2.05, 4.69) is 22.8 Å². The number of ether oxygens (including phenoxy) is 1. The Balaban J connectivity index is 1.52. The molecule has 1 atom stereocenters. The molecule has 8 heteroatoms. The highest BCUT2D eigenvalue weighted by Gasteiger charge is 2.29. The van der Waals surface area contributed by atoms with Crippen LogP contribution in [-0.4, -0.2) is 43.0 Å². The average Bonchev–Trinajstić information content (AvgIpc) is 3.10. The molecule has 2 aromatic rings. The molecule has 0 saturated carbocycles. The SMILES string of the molecule is NC(=O)C(CCCCNC(=O)CCl)NC(=O)OCC1c2ccccc2-c2ccccc21. The number of carbonyl (C=O) groups excluding carboxylic acids is 3. The first kappa shape index (κ1) is 22.6. The summed E-state index contributed by atoms with van der Waals surface area (Å²) in [6.45, 7) is 0.609. The molecule has 0 heterocycles. The molecule has 3 amide bonds. The molecule has 0 aromatic heterocycles. The smallest absolute Gasteiger partial charge is 0.407 e. The number of unbranched alkanes of at least 4 members (excludes halogenated alkanes) is 1. The van der Waals surface area contributed by atoms with Crippen molar-refractivity contribution in [1.29, 1.82) is 0 Å². The quantitative estimate of drug-likeness (QED) is 0.387. The van der Waals surface area contributed by atoms with E-state index in [1.54, 1.807) is 0 Å². The van der Waals surface area contributed by atoms with Gasteiger partial charge in [-0.2, -0.15) is 0 Å². The summed E-state index contributed by atoms with van der Waals surface area (Å²) in [6, 6.07) is 15.3. The Bertz CT molecular complexity index is 904. The fourth-order valence-corrected chi connectivity index (χ4v) is 3.91. The molecule has 0 aliphatic heterocycles. The lowest BCUT2D eigenvalue weighted by Gasteiger charge is -2.18. The van der Waals surface area contributed by atoms with Gasteiger partial charge in [0.25, 0.3) is 0 Å². The van der Waals surface area contributed by atoms with Crippen LogP contribution in [0, 0.1) is 0 Å². The van der Waals surface area contributed by atoms with Crippen LogP contribution in [0.5, 0.6) is 0 Å². The van der Waals surface area contributed by atoms with Crippen LogP contribution in [0.25, 0.3) is 11.1 Å². The highest BCUT2D eigenvalue weighted by Crippen LogP contribution is 2.44. The minimum absolute atomic E-state index is 0.0595. The molecule has 0 bridgehead atoms. The van der Waals surface area contributed by atoms with Gasteiger partial charge in [0.1, 0.15) is 18.5 Å². The van der Waals surface area contributed by atoms with Crippen molar-refractivity contribution in [1.82, 2.24) is 10.6 Å². The van der Waals surface area contributed by atoms with E-state index in [1.165, 1.54) is 0 Å². The van der Waals surface area contributed by atoms with Crippen molar-refractivity contribution in [3.8, 4) is 11.1 Å². The maximum atomic E-state index is 12.3. The van der Waals surface area contributed by atoms with Gasteiger partial charge in [-0.25, -0.2) is 4.79 Å². The van der Waals surface area contributed by atoms with Crippen LogP contribution in [-0.2, 0) is 14.3 Å². The number of alkyl carbamates (subject to hydrolysis) is 1. The summed E-state index contributed by atoms with van der Waals surface area (Å²) in [7, 11) is 0. The lowest BCUT2D eigenvalue weighted by Crippen LogP contribution is -2.45. The fraction of sp³-hybridized carbons (Fsp3) is 0.348. The number of hydrogen-bond donors (Lipinski definition) is 3. The zero-order valence-corrected chi connectivity index (χ0v) is 17.9. The van der Waals surface area contributed by atoms with E-state index in [9.17, 15) is 14.4 Å². The van der Waals surface area contributed by atoms with Gasteiger partial charge in [-0.1, -0.05) is 48.5 Å². The summed E-state index contributed by atoms with van der Waals surface area (Å²) < 4.78 is 5.46. The molecule has 1 aliphatic rings. The highest BCUT2D eigenvalue weighted by molar-refractivity contribution is 6.27. The molecule has 4 N–H and O–H groups in total. The average molecular weight is 444 g/mol. The molecule has 1 aliphatic carbocycles. The zero-order valence-electron chi connectivity index (χ0n) is 17.1. The Labute approximate surface area is 186 Å². The lowest BCUT2D eigenvalue weighted by molar-refractivity contribution is -0.120. The van der Waals surface area contributed by atoms with Crippen LogP contribution in [0.4, 0.5) is 4.79 Å². The number of halogens is 1. The summed E-state index contributed by atoms with van der Waals surface area (Å²) in [4.78, 5) is 35.2. The second-order valence-corrected chi connectivity index (χ2v) is 7.67. The molecule has 0 fully saturated rings. The van der Waals surface area contributed by atoms with Crippen LogP contribution in [0.15, 0.2) is 48.5 Å². The number of benzene rings is 2. The normalized spacial score (nSPS) is 13.1. The fourth-order valence-electron chi connectivity index (χ4n) is 3.82. The predicted molar refractivity (Wildman–Crippen MR) is 119 cm³/mol. The van der Waals surface area contributed by atoms with Crippen molar-refractivity contribution in [2.24, 2.45) is 5.73 Å². The molecule has 3 rings (SSSR count). The first-order valence-electron chi connectivity index (χ1n) is 10.2. The standard InChI is InChI=1S/C23H26ClN3O4/c24-13-21(28)26-12-6-5-11-20(22(25)29)27-23(30)31-14-19-17-9-3-1-7-15(17)16-8-2-4-10-18(16)19/h1-4,7-10,19-20H,5-6,11-14H2,(H2,25,29)(H,26,28)(H,27,30). The Hall–Kier alpha value is -3.06. The number of nitrogens with one attached hydrogen (secondary N) is 2. The molecule has 0 radical (unpaired) electrons. The van der Waals surface area contributed by atoms with Crippen LogP contribution >= 0.6 is 11.6 Å². The van der Waals surface area contributed by atoms with Crippen molar-refractivity contribution in [2.75, 3.05) is 19.0 Å². The van der Waals surface area contributed by atoms with Gasteiger partial charge in [0.05, 0.1) is 0 Å². The van der Waals surface area contributed by atoms with E-state index < -0.39 is 18.0 Å². The van der Waals surface area contributed by atoms with Crippen LogP contribution in [0.1, 0.15) is 36.3 Å². The summed E-state index contributed by atoms with van der Waals surface area (Å²) in [5, 5.41) is 5.20. The molecular formula is C23H26ClN3O4. The van der Waals surface area contributed by atoms with Crippen molar-refractivity contribution >= 4 is 29.5 Å². The van der Waals surface area contributed by atoms with Gasteiger partial charge in [0.15, 0.2) is 0 Å². The third-order valence-electron chi connectivity index (χ3n) is 5.34. The van der Waals surface area contributed by atoms with E-state index >= 15 is 0 Å². The third kappa shape index (κ3) is 5.76. The minimum Gasteiger partial charge on any atom is -0.449 e. The zero-order chi connectivity index (χ0) is 22.2. The Morgan fingerprint density at radius 3 is 2.19 bits per heavy atom. The van der Waals surface area contributed by atoms with Crippen molar-refractivity contribution in [3.63, 3.8) is 0 Å². The van der Waals surface area contributed by atoms with Gasteiger partial charge in [-0.3, -0.25) is 9.59 Å². The molecule has 0 spiro atoms. The first-order chi connectivity index (χ1) is 15.0. The second-order valence-electron chi connectivity index (χ2n) is 7.40. The Morgan fingerprint density at radius 1 is 1.00 bits per heavy atom. The molecule has 0 saturated heterocycles. The number of amides is 3. The van der Waals surface area contributed by atoms with E-state index in [0.29, 0.717) is 25.8 Å². The minimum atomic E-state index is -0.834. The van der Waals surface area contributed by atoms with Crippen molar-refractivity contribution < 1.29 is 19.1 Å². The number of nitrogens with two attached hydrogens (primary N) is 1. The van der Waals surface area contributed by atoms with E-state index in [1.807, 2.05) is 36.4 Å². The number of alkyl halides is 1.